The summed E-state index contributed by atoms with van der Waals surface area (Å²) in [4.78, 5) is 35.2. The van der Waals surface area contributed by atoms with Gasteiger partial charge in [-0.05, 0) is 56.3 Å². The molecule has 0 saturated carbocycles. The van der Waals surface area contributed by atoms with Gasteiger partial charge in [0.25, 0.3) is 5.91 Å². The van der Waals surface area contributed by atoms with Crippen molar-refractivity contribution in [3.8, 4) is 11.5 Å². The summed E-state index contributed by atoms with van der Waals surface area (Å²) in [7, 11) is 1.47. The van der Waals surface area contributed by atoms with E-state index in [0.29, 0.717) is 22.9 Å². The summed E-state index contributed by atoms with van der Waals surface area (Å²) in [5, 5.41) is 5.24. The number of nitrogens with one attached hydrogen (secondary N) is 2. The van der Waals surface area contributed by atoms with Crippen molar-refractivity contribution in [1.29, 1.82) is 0 Å². The maximum absolute atomic E-state index is 12.2. The SMILES string of the molecule is COc1cc(C(=O)OCC(=O)Nc2ccc(NC(C)=O)cc2)ccc1OC(C)C. The first-order chi connectivity index (χ1) is 13.8. The van der Waals surface area contributed by atoms with Gasteiger partial charge >= 0.3 is 5.97 Å². The van der Waals surface area contributed by atoms with Gasteiger partial charge in [-0.25, -0.2) is 4.79 Å². The van der Waals surface area contributed by atoms with E-state index >= 15 is 0 Å². The summed E-state index contributed by atoms with van der Waals surface area (Å²) >= 11 is 0. The molecule has 0 bridgehead atoms. The van der Waals surface area contributed by atoms with Gasteiger partial charge in [0.2, 0.25) is 5.91 Å². The number of benzene rings is 2. The molecule has 2 rings (SSSR count). The molecule has 29 heavy (non-hydrogen) atoms. The standard InChI is InChI=1S/C21H24N2O6/c1-13(2)29-18-10-5-15(11-19(18)27-4)21(26)28-12-20(25)23-17-8-6-16(7-9-17)22-14(3)24/h5-11,13H,12H2,1-4H3,(H,22,24)(H,23,25). The predicted molar refractivity (Wildman–Crippen MR) is 108 cm³/mol. The van der Waals surface area contributed by atoms with Crippen LogP contribution in [0.4, 0.5) is 11.4 Å². The molecule has 0 aliphatic heterocycles. The summed E-state index contributed by atoms with van der Waals surface area (Å²) in [6.45, 7) is 4.73. The molecule has 0 unspecified atom stereocenters. The van der Waals surface area contributed by atoms with Gasteiger partial charge in [-0.3, -0.25) is 9.59 Å². The van der Waals surface area contributed by atoms with Gasteiger partial charge in [-0.15, -0.1) is 0 Å². The Hall–Kier alpha value is -3.55. The minimum atomic E-state index is -0.657. The van der Waals surface area contributed by atoms with Crippen LogP contribution in [0, 0.1) is 0 Å². The minimum absolute atomic E-state index is 0.0438. The molecule has 2 amide bonds. The number of carbonyl (C=O) groups excluding carboxylic acids is 3. The second kappa shape index (κ2) is 10.1. The number of hydrogen-bond donors (Lipinski definition) is 2. The van der Waals surface area contributed by atoms with Gasteiger partial charge in [-0.2, -0.15) is 0 Å². The Morgan fingerprint density at radius 1 is 0.931 bits per heavy atom. The molecule has 0 fully saturated rings. The van der Waals surface area contributed by atoms with Crippen LogP contribution < -0.4 is 20.1 Å². The average Bonchev–Trinajstić information content (AvgIpc) is 2.67. The first-order valence-electron chi connectivity index (χ1n) is 8.98. The van der Waals surface area contributed by atoms with Crippen LogP contribution in [0.5, 0.6) is 11.5 Å². The Balaban J connectivity index is 1.91. The molecule has 0 spiro atoms. The number of carbonyl (C=O) groups is 3. The molecule has 2 aromatic carbocycles. The molecule has 0 aliphatic rings. The molecule has 0 aromatic heterocycles. The van der Waals surface area contributed by atoms with E-state index < -0.39 is 18.5 Å². The Bertz CT molecular complexity index is 877. The molecular formula is C21H24N2O6. The monoisotopic (exact) mass is 400 g/mol. The van der Waals surface area contributed by atoms with Crippen LogP contribution in [0.15, 0.2) is 42.5 Å². The lowest BCUT2D eigenvalue weighted by atomic mass is 10.2. The largest absolute Gasteiger partial charge is 0.493 e. The van der Waals surface area contributed by atoms with Gasteiger partial charge < -0.3 is 24.8 Å². The molecule has 154 valence electrons. The fraction of sp³-hybridized carbons (Fsp3) is 0.286. The number of methoxy groups -OCH3 is 1. The first-order valence-corrected chi connectivity index (χ1v) is 8.98. The van der Waals surface area contributed by atoms with Crippen molar-refractivity contribution in [2.45, 2.75) is 26.9 Å². The molecule has 0 radical (unpaired) electrons. The fourth-order valence-electron chi connectivity index (χ4n) is 2.40. The molecule has 8 heteroatoms. The second-order valence-corrected chi connectivity index (χ2v) is 6.42. The minimum Gasteiger partial charge on any atom is -0.493 e. The normalized spacial score (nSPS) is 10.2. The lowest BCUT2D eigenvalue weighted by molar-refractivity contribution is -0.119. The van der Waals surface area contributed by atoms with E-state index in [1.54, 1.807) is 36.4 Å². The highest BCUT2D eigenvalue weighted by Crippen LogP contribution is 2.29. The quantitative estimate of drug-likeness (QED) is 0.660. The first kappa shape index (κ1) is 21.7. The third-order valence-corrected chi connectivity index (χ3v) is 3.59. The van der Waals surface area contributed by atoms with Crippen LogP contribution in [-0.4, -0.2) is 37.6 Å². The number of hydrogen-bond acceptors (Lipinski definition) is 6. The number of rotatable bonds is 8. The zero-order valence-corrected chi connectivity index (χ0v) is 16.8. The van der Waals surface area contributed by atoms with Gasteiger partial charge in [0.15, 0.2) is 18.1 Å². The number of anilines is 2. The van der Waals surface area contributed by atoms with Gasteiger partial charge in [0, 0.05) is 18.3 Å². The zero-order valence-electron chi connectivity index (χ0n) is 16.8. The van der Waals surface area contributed by atoms with E-state index in [2.05, 4.69) is 10.6 Å². The maximum atomic E-state index is 12.2. The van der Waals surface area contributed by atoms with E-state index in [4.69, 9.17) is 14.2 Å². The summed E-state index contributed by atoms with van der Waals surface area (Å²) < 4.78 is 15.9. The van der Waals surface area contributed by atoms with Crippen LogP contribution in [-0.2, 0) is 14.3 Å². The van der Waals surface area contributed by atoms with Crippen LogP contribution in [0.2, 0.25) is 0 Å². The van der Waals surface area contributed by atoms with Crippen molar-refractivity contribution in [3.05, 3.63) is 48.0 Å². The fourth-order valence-corrected chi connectivity index (χ4v) is 2.40. The number of ether oxygens (including phenoxy) is 3. The third kappa shape index (κ3) is 6.84. The van der Waals surface area contributed by atoms with Crippen molar-refractivity contribution >= 4 is 29.2 Å². The van der Waals surface area contributed by atoms with Gasteiger partial charge in [-0.1, -0.05) is 0 Å². The molecule has 0 atom stereocenters. The smallest absolute Gasteiger partial charge is 0.338 e. The van der Waals surface area contributed by atoms with E-state index in [9.17, 15) is 14.4 Å². The Morgan fingerprint density at radius 2 is 1.55 bits per heavy atom. The van der Waals surface area contributed by atoms with Gasteiger partial charge in [0.05, 0.1) is 18.8 Å². The molecule has 2 aromatic rings. The summed E-state index contributed by atoms with van der Waals surface area (Å²) in [5.41, 5.74) is 1.36. The number of amides is 2. The van der Waals surface area contributed by atoms with Crippen molar-refractivity contribution in [3.63, 3.8) is 0 Å². The summed E-state index contributed by atoms with van der Waals surface area (Å²) in [6.07, 6.45) is -0.0438. The van der Waals surface area contributed by atoms with Gasteiger partial charge in [0.1, 0.15) is 0 Å². The van der Waals surface area contributed by atoms with E-state index in [0.717, 1.165) is 0 Å². The lowest BCUT2D eigenvalue weighted by Crippen LogP contribution is -2.21. The third-order valence-electron chi connectivity index (χ3n) is 3.59. The molecule has 0 heterocycles. The summed E-state index contributed by atoms with van der Waals surface area (Å²) in [6, 6.07) is 11.2. The average molecular weight is 400 g/mol. The molecular weight excluding hydrogens is 376 g/mol. The molecule has 0 saturated heterocycles. The maximum Gasteiger partial charge on any atom is 0.338 e. The lowest BCUT2D eigenvalue weighted by Gasteiger charge is -2.14. The van der Waals surface area contributed by atoms with E-state index in [1.807, 2.05) is 13.8 Å². The second-order valence-electron chi connectivity index (χ2n) is 6.42. The Labute approximate surface area is 169 Å². The Morgan fingerprint density at radius 3 is 2.10 bits per heavy atom. The van der Waals surface area contributed by atoms with E-state index in [-0.39, 0.29) is 17.6 Å². The van der Waals surface area contributed by atoms with E-state index in [1.165, 1.54) is 20.1 Å². The highest BCUT2D eigenvalue weighted by atomic mass is 16.5. The van der Waals surface area contributed by atoms with Crippen LogP contribution in [0.3, 0.4) is 0 Å². The Kier molecular flexibility index (Phi) is 7.59. The molecule has 2 N–H and O–H groups in total. The predicted octanol–water partition coefficient (Wildman–Crippen LogP) is 3.24. The number of esters is 1. The zero-order chi connectivity index (χ0) is 21.4. The van der Waals surface area contributed by atoms with Crippen LogP contribution in [0.1, 0.15) is 31.1 Å². The molecule has 8 nitrogen and oxygen atoms in total. The highest BCUT2D eigenvalue weighted by molar-refractivity contribution is 5.96. The highest BCUT2D eigenvalue weighted by Gasteiger charge is 2.15. The van der Waals surface area contributed by atoms with Crippen LogP contribution in [0.25, 0.3) is 0 Å². The van der Waals surface area contributed by atoms with Crippen LogP contribution >= 0.6 is 0 Å². The topological polar surface area (TPSA) is 103 Å². The van der Waals surface area contributed by atoms with Crippen molar-refractivity contribution in [2.75, 3.05) is 24.4 Å². The summed E-state index contributed by atoms with van der Waals surface area (Å²) in [5.74, 6) is -0.418. The molecule has 0 aliphatic carbocycles. The van der Waals surface area contributed by atoms with Crippen molar-refractivity contribution < 1.29 is 28.6 Å². The van der Waals surface area contributed by atoms with Crippen molar-refractivity contribution in [1.82, 2.24) is 0 Å². The van der Waals surface area contributed by atoms with Crippen molar-refractivity contribution in [2.24, 2.45) is 0 Å².